The molecule has 0 amide bonds. The Bertz CT molecular complexity index is 3040. The third kappa shape index (κ3) is 5.00. The van der Waals surface area contributed by atoms with E-state index in [4.69, 9.17) is 0 Å². The number of nitrogens with zero attached hydrogens (tertiary/aromatic N) is 1. The molecule has 1 heteroatoms. The zero-order valence-electron chi connectivity index (χ0n) is 29.8. The maximum atomic E-state index is 2.42. The van der Waals surface area contributed by atoms with Gasteiger partial charge in [-0.15, -0.1) is 0 Å². The lowest BCUT2D eigenvalue weighted by atomic mass is 9.85. The molecule has 0 fully saturated rings. The molecule has 53 heavy (non-hydrogen) atoms. The number of rotatable bonds is 5. The number of para-hydroxylation sites is 1. The summed E-state index contributed by atoms with van der Waals surface area (Å²) in [5, 5.41) is 10.1. The third-order valence-corrected chi connectivity index (χ3v) is 11.2. The van der Waals surface area contributed by atoms with E-state index in [-0.39, 0.29) is 0 Å². The molecule has 0 unspecified atom stereocenters. The summed E-state index contributed by atoms with van der Waals surface area (Å²) in [6.07, 6.45) is 2.20. The van der Waals surface area contributed by atoms with Crippen molar-refractivity contribution in [2.75, 3.05) is 0 Å². The van der Waals surface area contributed by atoms with Gasteiger partial charge < -0.3 is 4.57 Å². The Kier molecular flexibility index (Phi) is 7.33. The maximum absolute atomic E-state index is 2.42. The highest BCUT2D eigenvalue weighted by Crippen LogP contribution is 2.45. The molecule has 0 aliphatic heterocycles. The summed E-state index contributed by atoms with van der Waals surface area (Å²) in [5.74, 6) is 0. The summed E-state index contributed by atoms with van der Waals surface area (Å²) in [6, 6.07) is 67.0. The molecule has 0 spiro atoms. The lowest BCUT2D eigenvalue weighted by Gasteiger charge is -2.19. The smallest absolute Gasteiger partial charge is 0.0541 e. The van der Waals surface area contributed by atoms with Gasteiger partial charge in [0.05, 0.1) is 11.0 Å². The average Bonchev–Trinajstić information content (AvgIpc) is 3.56. The summed E-state index contributed by atoms with van der Waals surface area (Å²) in [7, 11) is 0. The summed E-state index contributed by atoms with van der Waals surface area (Å²) in [4.78, 5) is 0. The fraction of sp³-hybridized carbons (Fsp3) is 0.0385. The first kappa shape index (κ1) is 31.1. The molecule has 10 aromatic rings. The SMILES string of the molecule is C/C=C(/C)c1ccc2c(-c3ccc(-n4c5ccccc5c5cc(-c6cccc7ccccc67)ccc54)cc3)c3ccccc3c(-c3ccccc3)c2c1. The molecule has 0 aliphatic carbocycles. The second-order valence-electron chi connectivity index (χ2n) is 14.1. The maximum Gasteiger partial charge on any atom is 0.0541 e. The highest BCUT2D eigenvalue weighted by molar-refractivity contribution is 6.22. The van der Waals surface area contributed by atoms with Crippen LogP contribution in [-0.4, -0.2) is 4.57 Å². The van der Waals surface area contributed by atoms with E-state index in [0.717, 1.165) is 5.69 Å². The van der Waals surface area contributed by atoms with E-state index in [1.54, 1.807) is 0 Å². The topological polar surface area (TPSA) is 4.93 Å². The van der Waals surface area contributed by atoms with Gasteiger partial charge in [-0.1, -0.05) is 152 Å². The second-order valence-corrected chi connectivity index (χ2v) is 14.1. The van der Waals surface area contributed by atoms with Crippen LogP contribution >= 0.6 is 0 Å². The Morgan fingerprint density at radius 2 is 1.00 bits per heavy atom. The number of hydrogen-bond donors (Lipinski definition) is 0. The fourth-order valence-electron chi connectivity index (χ4n) is 8.49. The van der Waals surface area contributed by atoms with Gasteiger partial charge in [-0.05, 0) is 127 Å². The van der Waals surface area contributed by atoms with Crippen molar-refractivity contribution in [1.82, 2.24) is 4.57 Å². The first-order chi connectivity index (χ1) is 26.2. The quantitative estimate of drug-likeness (QED) is 0.160. The molecule has 1 heterocycles. The van der Waals surface area contributed by atoms with Crippen molar-refractivity contribution in [3.63, 3.8) is 0 Å². The number of benzene rings is 9. The molecule has 0 radical (unpaired) electrons. The van der Waals surface area contributed by atoms with Crippen LogP contribution in [0.4, 0.5) is 0 Å². The van der Waals surface area contributed by atoms with Crippen LogP contribution < -0.4 is 0 Å². The predicted octanol–water partition coefficient (Wildman–Crippen LogP) is 14.7. The molecule has 1 nitrogen and oxygen atoms in total. The van der Waals surface area contributed by atoms with Gasteiger partial charge in [-0.2, -0.15) is 0 Å². The van der Waals surface area contributed by atoms with E-state index in [2.05, 4.69) is 206 Å². The van der Waals surface area contributed by atoms with Crippen molar-refractivity contribution in [3.8, 4) is 39.1 Å². The highest BCUT2D eigenvalue weighted by atomic mass is 15.0. The Morgan fingerprint density at radius 1 is 0.415 bits per heavy atom. The number of allylic oxidation sites excluding steroid dienone is 2. The zero-order chi connectivity index (χ0) is 35.5. The Hall–Kier alpha value is -6.70. The van der Waals surface area contributed by atoms with Crippen LogP contribution in [-0.2, 0) is 0 Å². The number of hydrogen-bond acceptors (Lipinski definition) is 0. The summed E-state index contributed by atoms with van der Waals surface area (Å²) < 4.78 is 2.42. The molecule has 9 aromatic carbocycles. The minimum Gasteiger partial charge on any atom is -0.309 e. The van der Waals surface area contributed by atoms with Crippen molar-refractivity contribution >= 4 is 59.7 Å². The zero-order valence-corrected chi connectivity index (χ0v) is 29.8. The molecule has 1 aromatic heterocycles. The van der Waals surface area contributed by atoms with E-state index in [0.29, 0.717) is 0 Å². The van der Waals surface area contributed by atoms with Crippen LogP contribution in [0.25, 0.3) is 98.8 Å². The molecule has 0 saturated carbocycles. The van der Waals surface area contributed by atoms with Gasteiger partial charge in [0.2, 0.25) is 0 Å². The van der Waals surface area contributed by atoms with Crippen molar-refractivity contribution in [2.45, 2.75) is 13.8 Å². The first-order valence-electron chi connectivity index (χ1n) is 18.5. The molecular formula is C52H37N. The van der Waals surface area contributed by atoms with Crippen molar-refractivity contribution in [3.05, 3.63) is 194 Å². The van der Waals surface area contributed by atoms with Crippen LogP contribution in [0.15, 0.2) is 188 Å². The highest BCUT2D eigenvalue weighted by Gasteiger charge is 2.19. The van der Waals surface area contributed by atoms with Crippen molar-refractivity contribution in [1.29, 1.82) is 0 Å². The van der Waals surface area contributed by atoms with E-state index >= 15 is 0 Å². The molecule has 0 N–H and O–H groups in total. The van der Waals surface area contributed by atoms with Gasteiger partial charge in [-0.25, -0.2) is 0 Å². The second kappa shape index (κ2) is 12.5. The summed E-state index contributed by atoms with van der Waals surface area (Å²) >= 11 is 0. The number of aromatic nitrogens is 1. The minimum atomic E-state index is 1.15. The standard InChI is InChI=1S/C52H37N/c1-3-34(2)38-26-30-46-48(32-38)52(36-15-5-4-6-16-36)45-21-10-9-20-44(45)51(46)37-24-28-40(29-25-37)53-49-23-12-11-19-43(49)47-33-39(27-31-50(47)53)42-22-13-17-35-14-7-8-18-41(35)42/h3-33H,1-2H3/b34-3-. The van der Waals surface area contributed by atoms with Gasteiger partial charge in [0, 0.05) is 16.5 Å². The van der Waals surface area contributed by atoms with Crippen LogP contribution in [0.3, 0.4) is 0 Å². The van der Waals surface area contributed by atoms with E-state index in [1.165, 1.54) is 98.6 Å². The molecule has 0 aliphatic rings. The number of fused-ring (bicyclic) bond motifs is 6. The molecular weight excluding hydrogens is 639 g/mol. The van der Waals surface area contributed by atoms with Crippen LogP contribution in [0.1, 0.15) is 19.4 Å². The summed E-state index contributed by atoms with van der Waals surface area (Å²) in [5.41, 5.74) is 13.6. The third-order valence-electron chi connectivity index (χ3n) is 11.2. The van der Waals surface area contributed by atoms with E-state index in [1.807, 2.05) is 0 Å². The lowest BCUT2D eigenvalue weighted by Crippen LogP contribution is -1.95. The lowest BCUT2D eigenvalue weighted by molar-refractivity contribution is 1.18. The molecule has 250 valence electrons. The largest absolute Gasteiger partial charge is 0.309 e. The molecule has 0 atom stereocenters. The molecule has 10 rings (SSSR count). The minimum absolute atomic E-state index is 1.15. The fourth-order valence-corrected chi connectivity index (χ4v) is 8.49. The monoisotopic (exact) mass is 675 g/mol. The molecule has 0 saturated heterocycles. The van der Waals surface area contributed by atoms with E-state index in [9.17, 15) is 0 Å². The average molecular weight is 676 g/mol. The predicted molar refractivity (Wildman–Crippen MR) is 229 cm³/mol. The Labute approximate surface area is 309 Å². The summed E-state index contributed by atoms with van der Waals surface area (Å²) in [6.45, 7) is 4.31. The van der Waals surface area contributed by atoms with E-state index < -0.39 is 0 Å². The first-order valence-corrected chi connectivity index (χ1v) is 18.5. The van der Waals surface area contributed by atoms with Gasteiger partial charge in [-0.3, -0.25) is 0 Å². The van der Waals surface area contributed by atoms with Crippen molar-refractivity contribution in [2.24, 2.45) is 0 Å². The van der Waals surface area contributed by atoms with Gasteiger partial charge in [0.25, 0.3) is 0 Å². The van der Waals surface area contributed by atoms with Crippen molar-refractivity contribution < 1.29 is 0 Å². The van der Waals surface area contributed by atoms with Gasteiger partial charge in [0.1, 0.15) is 0 Å². The van der Waals surface area contributed by atoms with Gasteiger partial charge >= 0.3 is 0 Å². The van der Waals surface area contributed by atoms with Crippen LogP contribution in [0.5, 0.6) is 0 Å². The Morgan fingerprint density at radius 3 is 1.77 bits per heavy atom. The van der Waals surface area contributed by atoms with Crippen LogP contribution in [0.2, 0.25) is 0 Å². The normalized spacial score (nSPS) is 12.1. The van der Waals surface area contributed by atoms with Gasteiger partial charge in [0.15, 0.2) is 0 Å². The molecule has 0 bridgehead atoms. The Balaban J connectivity index is 1.16. The van der Waals surface area contributed by atoms with Crippen LogP contribution in [0, 0.1) is 0 Å².